The fraction of sp³-hybridized carbons (Fsp3) is 0.0714. The molecule has 102 valence electrons. The zero-order valence-corrected chi connectivity index (χ0v) is 10.8. The van der Waals surface area contributed by atoms with Crippen LogP contribution in [0.4, 0.5) is 13.2 Å². The maximum absolute atomic E-state index is 13.0. The zero-order chi connectivity index (χ0) is 14.3. The molecule has 0 fully saturated rings. The molecular formula is C14H8ClF3N2. The van der Waals surface area contributed by atoms with Gasteiger partial charge in [-0.05, 0) is 18.2 Å². The van der Waals surface area contributed by atoms with Crippen molar-refractivity contribution >= 4 is 17.2 Å². The van der Waals surface area contributed by atoms with Gasteiger partial charge < -0.3 is 0 Å². The molecule has 0 aliphatic carbocycles. The van der Waals surface area contributed by atoms with E-state index in [2.05, 4.69) is 4.98 Å². The molecule has 0 saturated heterocycles. The van der Waals surface area contributed by atoms with Crippen molar-refractivity contribution in [2.75, 3.05) is 0 Å². The van der Waals surface area contributed by atoms with Gasteiger partial charge in [-0.25, -0.2) is 4.98 Å². The first-order valence-corrected chi connectivity index (χ1v) is 6.15. The van der Waals surface area contributed by atoms with Gasteiger partial charge in [0.05, 0.1) is 11.3 Å². The van der Waals surface area contributed by atoms with Gasteiger partial charge in [-0.1, -0.05) is 35.9 Å². The summed E-state index contributed by atoms with van der Waals surface area (Å²) in [4.78, 5) is 4.20. The van der Waals surface area contributed by atoms with E-state index in [1.807, 2.05) is 0 Å². The molecule has 2 aromatic heterocycles. The molecule has 2 nitrogen and oxygen atoms in total. The van der Waals surface area contributed by atoms with Gasteiger partial charge in [-0.3, -0.25) is 4.40 Å². The van der Waals surface area contributed by atoms with Crippen molar-refractivity contribution < 1.29 is 13.2 Å². The third kappa shape index (κ3) is 2.14. The minimum atomic E-state index is -4.42. The number of nitrogens with zero attached hydrogens (tertiary/aromatic N) is 2. The van der Waals surface area contributed by atoms with E-state index in [0.29, 0.717) is 10.8 Å². The maximum Gasteiger partial charge on any atom is 0.417 e. The highest BCUT2D eigenvalue weighted by atomic mass is 35.5. The van der Waals surface area contributed by atoms with E-state index < -0.39 is 11.7 Å². The minimum Gasteiger partial charge on any atom is -0.290 e. The van der Waals surface area contributed by atoms with E-state index in [-0.39, 0.29) is 11.3 Å². The molecule has 2 heterocycles. The Labute approximate surface area is 117 Å². The summed E-state index contributed by atoms with van der Waals surface area (Å²) in [6, 6.07) is 10.4. The van der Waals surface area contributed by atoms with Crippen molar-refractivity contribution in [2.24, 2.45) is 0 Å². The Bertz CT molecular complexity index is 777. The molecule has 20 heavy (non-hydrogen) atoms. The number of rotatable bonds is 1. The Kier molecular flexibility index (Phi) is 2.94. The minimum absolute atomic E-state index is 0.0415. The van der Waals surface area contributed by atoms with Crippen LogP contribution in [0.3, 0.4) is 0 Å². The summed E-state index contributed by atoms with van der Waals surface area (Å²) in [6.45, 7) is 0. The molecule has 0 aliphatic heterocycles. The van der Waals surface area contributed by atoms with Crippen LogP contribution in [0.25, 0.3) is 16.9 Å². The Balaban J connectivity index is 2.24. The van der Waals surface area contributed by atoms with Crippen LogP contribution >= 0.6 is 11.6 Å². The highest BCUT2D eigenvalue weighted by Gasteiger charge is 2.33. The monoisotopic (exact) mass is 296 g/mol. The normalized spacial score (nSPS) is 12.0. The molecule has 0 N–H and O–H groups in total. The van der Waals surface area contributed by atoms with Gasteiger partial charge in [0.15, 0.2) is 0 Å². The molecule has 6 heteroatoms. The molecule has 0 spiro atoms. The van der Waals surface area contributed by atoms with Crippen molar-refractivity contribution in [3.05, 3.63) is 59.4 Å². The van der Waals surface area contributed by atoms with Crippen LogP contribution in [0.5, 0.6) is 0 Å². The average molecular weight is 297 g/mol. The number of hydrogen-bond donors (Lipinski definition) is 0. The van der Waals surface area contributed by atoms with Crippen molar-refractivity contribution in [3.8, 4) is 11.3 Å². The number of imidazole rings is 1. The van der Waals surface area contributed by atoms with Gasteiger partial charge in [0.25, 0.3) is 0 Å². The third-order valence-electron chi connectivity index (χ3n) is 2.95. The Hall–Kier alpha value is -2.01. The topological polar surface area (TPSA) is 17.3 Å². The molecule has 0 atom stereocenters. The number of alkyl halides is 3. The molecule has 1 aromatic carbocycles. The second-order valence-corrected chi connectivity index (χ2v) is 4.63. The number of pyridine rings is 1. The van der Waals surface area contributed by atoms with E-state index >= 15 is 0 Å². The van der Waals surface area contributed by atoms with Gasteiger partial charge in [0.2, 0.25) is 0 Å². The molecule has 0 amide bonds. The van der Waals surface area contributed by atoms with Crippen LogP contribution in [-0.2, 0) is 6.18 Å². The SMILES string of the molecule is FC(F)(F)c1ccccc1-c1cn2c(Cl)cccc2n1. The number of aromatic nitrogens is 2. The van der Waals surface area contributed by atoms with Crippen molar-refractivity contribution in [3.63, 3.8) is 0 Å². The van der Waals surface area contributed by atoms with Crippen LogP contribution in [0.1, 0.15) is 5.56 Å². The first-order chi connectivity index (χ1) is 9.47. The van der Waals surface area contributed by atoms with Crippen LogP contribution < -0.4 is 0 Å². The van der Waals surface area contributed by atoms with E-state index in [1.54, 1.807) is 28.7 Å². The molecule has 3 aromatic rings. The highest BCUT2D eigenvalue weighted by Crippen LogP contribution is 2.36. The maximum atomic E-state index is 13.0. The molecule has 3 rings (SSSR count). The lowest BCUT2D eigenvalue weighted by atomic mass is 10.1. The summed E-state index contributed by atoms with van der Waals surface area (Å²) in [6.07, 6.45) is -2.92. The van der Waals surface area contributed by atoms with Gasteiger partial charge in [-0.15, -0.1) is 0 Å². The molecule has 0 saturated carbocycles. The molecule has 0 unspecified atom stereocenters. The summed E-state index contributed by atoms with van der Waals surface area (Å²) in [5, 5.41) is 0.394. The smallest absolute Gasteiger partial charge is 0.290 e. The average Bonchev–Trinajstić information content (AvgIpc) is 2.83. The van der Waals surface area contributed by atoms with Gasteiger partial charge in [-0.2, -0.15) is 13.2 Å². The largest absolute Gasteiger partial charge is 0.417 e. The summed E-state index contributed by atoms with van der Waals surface area (Å²) < 4.78 is 40.6. The molecule has 0 aliphatic rings. The highest BCUT2D eigenvalue weighted by molar-refractivity contribution is 6.29. The Morgan fingerprint density at radius 1 is 1.00 bits per heavy atom. The van der Waals surface area contributed by atoms with Crippen LogP contribution in [-0.4, -0.2) is 9.38 Å². The van der Waals surface area contributed by atoms with Crippen molar-refractivity contribution in [2.45, 2.75) is 6.18 Å². The summed E-state index contributed by atoms with van der Waals surface area (Å²) >= 11 is 5.99. The Morgan fingerprint density at radius 3 is 2.45 bits per heavy atom. The number of fused-ring (bicyclic) bond motifs is 1. The van der Waals surface area contributed by atoms with Crippen molar-refractivity contribution in [1.29, 1.82) is 0 Å². The van der Waals surface area contributed by atoms with E-state index in [9.17, 15) is 13.2 Å². The van der Waals surface area contributed by atoms with E-state index in [0.717, 1.165) is 6.07 Å². The van der Waals surface area contributed by atoms with Gasteiger partial charge >= 0.3 is 6.18 Å². The number of halogens is 4. The van der Waals surface area contributed by atoms with Gasteiger partial charge in [0.1, 0.15) is 10.8 Å². The van der Waals surface area contributed by atoms with E-state index in [1.165, 1.54) is 18.3 Å². The standard InChI is InChI=1S/C14H8ClF3N2/c15-12-6-3-7-13-19-11(8-20(12)13)9-4-1-2-5-10(9)14(16,17)18/h1-8H. The lowest BCUT2D eigenvalue weighted by Crippen LogP contribution is -2.06. The molecule has 0 bridgehead atoms. The number of hydrogen-bond acceptors (Lipinski definition) is 1. The molecule has 0 radical (unpaired) electrons. The fourth-order valence-electron chi connectivity index (χ4n) is 2.06. The Morgan fingerprint density at radius 2 is 1.75 bits per heavy atom. The second-order valence-electron chi connectivity index (χ2n) is 4.25. The lowest BCUT2D eigenvalue weighted by Gasteiger charge is -2.10. The van der Waals surface area contributed by atoms with E-state index in [4.69, 9.17) is 11.6 Å². The second kappa shape index (κ2) is 4.52. The summed E-state index contributed by atoms with van der Waals surface area (Å²) in [5.41, 5.74) is 0.0785. The van der Waals surface area contributed by atoms with Crippen LogP contribution in [0.2, 0.25) is 5.15 Å². The lowest BCUT2D eigenvalue weighted by molar-refractivity contribution is -0.137. The van der Waals surface area contributed by atoms with Crippen molar-refractivity contribution in [1.82, 2.24) is 9.38 Å². The summed E-state index contributed by atoms with van der Waals surface area (Å²) in [7, 11) is 0. The summed E-state index contributed by atoms with van der Waals surface area (Å²) in [5.74, 6) is 0. The predicted octanol–water partition coefficient (Wildman–Crippen LogP) is 4.67. The fourth-order valence-corrected chi connectivity index (χ4v) is 2.27. The van der Waals surface area contributed by atoms with Crippen LogP contribution in [0.15, 0.2) is 48.7 Å². The first-order valence-electron chi connectivity index (χ1n) is 5.77. The number of benzene rings is 1. The van der Waals surface area contributed by atoms with Gasteiger partial charge in [0, 0.05) is 11.8 Å². The third-order valence-corrected chi connectivity index (χ3v) is 3.26. The zero-order valence-electron chi connectivity index (χ0n) is 10.0. The van der Waals surface area contributed by atoms with Crippen LogP contribution in [0, 0.1) is 0 Å². The molecular weight excluding hydrogens is 289 g/mol. The quantitative estimate of drug-likeness (QED) is 0.596. The predicted molar refractivity (Wildman–Crippen MR) is 70.6 cm³/mol. The first kappa shape index (κ1) is 13.0.